The van der Waals surface area contributed by atoms with E-state index in [1.165, 1.54) is 27.8 Å². The van der Waals surface area contributed by atoms with E-state index in [2.05, 4.69) is 228 Å². The Morgan fingerprint density at radius 1 is 0.312 bits per heavy atom. The minimum Gasteiger partial charge on any atom is -0.495 e. The number of aryl methyl sites for hydroxylation is 4. The first-order valence-electron chi connectivity index (χ1n) is 31.6. The van der Waals surface area contributed by atoms with Gasteiger partial charge in [0.05, 0.1) is 77.2 Å². The highest BCUT2D eigenvalue weighted by Crippen LogP contribution is 2.30. The smallest absolute Gasteiger partial charge is 0.159 e. The Kier molecular flexibility index (Phi) is 20.8. The Morgan fingerprint density at radius 2 is 0.731 bits per heavy atom. The second-order valence-corrected chi connectivity index (χ2v) is 24.8. The predicted molar refractivity (Wildman–Crippen MR) is 378 cm³/mol. The summed E-state index contributed by atoms with van der Waals surface area (Å²) in [6.45, 7) is 21.8. The topological polar surface area (TPSA) is 171 Å². The van der Waals surface area contributed by atoms with Crippen LogP contribution in [0.4, 0.5) is 0 Å². The number of benzene rings is 4. The fourth-order valence-corrected chi connectivity index (χ4v) is 10.6. The minimum absolute atomic E-state index is 0.406. The summed E-state index contributed by atoms with van der Waals surface area (Å²) in [4.78, 5) is 30.8. The van der Waals surface area contributed by atoms with Gasteiger partial charge in [0.15, 0.2) is 5.82 Å². The molecule has 0 spiro atoms. The molecule has 14 aromatic rings. The summed E-state index contributed by atoms with van der Waals surface area (Å²) >= 11 is 0. The van der Waals surface area contributed by atoms with Crippen LogP contribution in [0.1, 0.15) is 127 Å². The number of nitrogens with zero attached hydrogens (tertiary/aromatic N) is 15. The Balaban J connectivity index is 0.000000127. The fourth-order valence-electron chi connectivity index (χ4n) is 10.6. The van der Waals surface area contributed by atoms with Crippen LogP contribution in [0.2, 0.25) is 0 Å². The highest BCUT2D eigenvalue weighted by molar-refractivity contribution is 5.87. The van der Waals surface area contributed by atoms with Gasteiger partial charge in [0.2, 0.25) is 0 Å². The van der Waals surface area contributed by atoms with Gasteiger partial charge < -0.3 is 4.74 Å². The summed E-state index contributed by atoms with van der Waals surface area (Å²) in [5.41, 5.74) is 20.4. The monoisotopic (exact) mass is 1230 g/mol. The van der Waals surface area contributed by atoms with E-state index in [-0.39, 0.29) is 0 Å². The van der Waals surface area contributed by atoms with Crippen LogP contribution in [0, 0.1) is 0 Å². The van der Waals surface area contributed by atoms with Crippen LogP contribution in [0.5, 0.6) is 5.75 Å². The summed E-state index contributed by atoms with van der Waals surface area (Å²) in [6.07, 6.45) is 22.3. The van der Waals surface area contributed by atoms with Crippen molar-refractivity contribution >= 4 is 43.6 Å². The normalized spacial score (nSPS) is 11.2. The van der Waals surface area contributed by atoms with Gasteiger partial charge in [0.1, 0.15) is 5.75 Å². The van der Waals surface area contributed by atoms with E-state index in [4.69, 9.17) is 4.74 Å². The maximum Gasteiger partial charge on any atom is 0.159 e. The average Bonchev–Trinajstić information content (AvgIpc) is 2.37. The molecule has 10 aromatic heterocycles. The zero-order valence-electron chi connectivity index (χ0n) is 56.1. The molecule has 0 aliphatic heterocycles. The van der Waals surface area contributed by atoms with Crippen LogP contribution in [0.15, 0.2) is 202 Å². The maximum atomic E-state index is 5.16. The lowest BCUT2D eigenvalue weighted by Crippen LogP contribution is -1.96. The highest BCUT2D eigenvalue weighted by Gasteiger charge is 2.12. The summed E-state index contributed by atoms with van der Waals surface area (Å²) in [7, 11) is 9.46. The molecule has 4 aromatic carbocycles. The van der Waals surface area contributed by atoms with Crippen molar-refractivity contribution in [1.29, 1.82) is 0 Å². The van der Waals surface area contributed by atoms with Crippen molar-refractivity contribution in [2.75, 3.05) is 7.11 Å². The molecule has 0 atom stereocenters. The van der Waals surface area contributed by atoms with Gasteiger partial charge in [-0.15, -0.1) is 0 Å². The molecule has 0 amide bonds. The number of hydrogen-bond donors (Lipinski definition) is 0. The van der Waals surface area contributed by atoms with Gasteiger partial charge in [-0.05, 0) is 161 Å². The zero-order valence-corrected chi connectivity index (χ0v) is 56.1. The van der Waals surface area contributed by atoms with E-state index < -0.39 is 0 Å². The molecule has 16 nitrogen and oxygen atoms in total. The largest absolute Gasteiger partial charge is 0.495 e. The molecule has 0 unspecified atom stereocenters. The van der Waals surface area contributed by atoms with Crippen LogP contribution < -0.4 is 4.74 Å². The second kappa shape index (κ2) is 29.6. The van der Waals surface area contributed by atoms with Gasteiger partial charge in [-0.2, -0.15) is 20.4 Å². The SMILES string of the molecule is CC(C)c1ccnc(-c2ccc3c(cnn3C)c2)c1.CC(C)c1ccnc(-c2ccc3c(cnn3C)c2)n1.CC(C)c1ccnc(-c2ccc3cnn(C)c3c2)c1.CC(C)c1cncc(-c2ccc3c(cnn3C)c2)c1.COc1cncc(-c2cc(C(C)C)ccn2)c1. The van der Waals surface area contributed by atoms with Gasteiger partial charge in [-0.1, -0.05) is 93.5 Å². The lowest BCUT2D eigenvalue weighted by Gasteiger charge is -2.08. The number of fused-ring (bicyclic) bond motifs is 4. The summed E-state index contributed by atoms with van der Waals surface area (Å²) in [6, 6.07) is 44.1. The van der Waals surface area contributed by atoms with Crippen LogP contribution in [0.3, 0.4) is 0 Å². The maximum absolute atomic E-state index is 5.16. The lowest BCUT2D eigenvalue weighted by atomic mass is 10.00. The molecular formula is C77H83N15O. The van der Waals surface area contributed by atoms with Crippen molar-refractivity contribution in [1.82, 2.24) is 74.0 Å². The van der Waals surface area contributed by atoms with E-state index in [0.29, 0.717) is 29.6 Å². The summed E-state index contributed by atoms with van der Waals surface area (Å²) < 4.78 is 12.7. The lowest BCUT2D eigenvalue weighted by molar-refractivity contribution is 0.413. The fraction of sp³-hybridized carbons (Fsp3) is 0.260. The third-order valence-electron chi connectivity index (χ3n) is 16.5. The number of pyridine rings is 5. The van der Waals surface area contributed by atoms with Gasteiger partial charge in [-0.25, -0.2) is 9.97 Å². The zero-order chi connectivity index (χ0) is 65.9. The van der Waals surface area contributed by atoms with Crippen molar-refractivity contribution in [2.45, 2.75) is 98.8 Å². The average molecular weight is 1230 g/mol. The number of aromatic nitrogens is 15. The molecule has 0 bridgehead atoms. The molecule has 14 rings (SSSR count). The van der Waals surface area contributed by atoms with Crippen molar-refractivity contribution in [3.05, 3.63) is 230 Å². The third-order valence-corrected chi connectivity index (χ3v) is 16.5. The highest BCUT2D eigenvalue weighted by atomic mass is 16.5. The first-order valence-corrected chi connectivity index (χ1v) is 31.6. The summed E-state index contributed by atoms with van der Waals surface area (Å²) in [5.74, 6) is 3.95. The van der Waals surface area contributed by atoms with E-state index in [1.54, 1.807) is 19.5 Å². The quantitative estimate of drug-likeness (QED) is 0.120. The Labute approximate surface area is 545 Å². The van der Waals surface area contributed by atoms with Gasteiger partial charge in [-0.3, -0.25) is 43.6 Å². The van der Waals surface area contributed by atoms with Gasteiger partial charge in [0, 0.05) is 127 Å². The molecule has 0 saturated heterocycles. The number of hydrogen-bond acceptors (Lipinski definition) is 12. The molecule has 0 aliphatic carbocycles. The Hall–Kier alpha value is -10.6. The first-order chi connectivity index (χ1) is 44.8. The molecule has 16 heteroatoms. The molecule has 0 radical (unpaired) electrons. The molecule has 0 aliphatic rings. The van der Waals surface area contributed by atoms with Crippen LogP contribution in [-0.2, 0) is 28.2 Å². The molecule has 0 N–H and O–H groups in total. The second-order valence-electron chi connectivity index (χ2n) is 24.8. The Morgan fingerprint density at radius 3 is 1.25 bits per heavy atom. The summed E-state index contributed by atoms with van der Waals surface area (Å²) in [5, 5.41) is 21.7. The molecule has 10 heterocycles. The standard InChI is InChI=1S/3C16H17N3.C15H16N4.C14H16N2O/c1-11(2)13-7-14(9-17-8-13)12-4-5-16-15(6-12)10-18-19(16)3;1-11(2)12-6-7-17-15(9-12)13-4-5-16-14(8-13)10-18-19(16)3;1-11(2)12-6-7-17-15(8-12)13-4-5-14-10-18-19(3)16(14)9-13;1-10(2)13-6-7-16-15(18-13)11-4-5-14-12(8-11)9-17-19(14)3;1-10(2)11-4-5-16-14(7-11)12-6-13(17-3)9-15-8-12/h3*4-11H,1-3H3;4-10H,1-3H3;4-10H,1-3H3. The number of rotatable bonds is 11. The minimum atomic E-state index is 0.406. The number of ether oxygens (including phenoxy) is 1. The third kappa shape index (κ3) is 15.9. The van der Waals surface area contributed by atoms with Crippen molar-refractivity contribution in [3.8, 4) is 62.0 Å². The molecular weight excluding hydrogens is 1150 g/mol. The van der Waals surface area contributed by atoms with Gasteiger partial charge >= 0.3 is 0 Å². The van der Waals surface area contributed by atoms with E-state index in [0.717, 1.165) is 106 Å². The molecule has 472 valence electrons. The van der Waals surface area contributed by atoms with E-state index >= 15 is 0 Å². The molecule has 0 fully saturated rings. The predicted octanol–water partition coefficient (Wildman–Crippen LogP) is 17.7. The molecule has 0 saturated carbocycles. The van der Waals surface area contributed by atoms with Crippen molar-refractivity contribution < 1.29 is 4.74 Å². The van der Waals surface area contributed by atoms with Crippen molar-refractivity contribution in [2.24, 2.45) is 28.2 Å². The number of methoxy groups -OCH3 is 1. The van der Waals surface area contributed by atoms with Crippen molar-refractivity contribution in [3.63, 3.8) is 0 Å². The Bertz CT molecular complexity index is 4510. The van der Waals surface area contributed by atoms with Crippen LogP contribution in [-0.4, -0.2) is 81.1 Å². The van der Waals surface area contributed by atoms with Gasteiger partial charge in [0.25, 0.3) is 0 Å². The van der Waals surface area contributed by atoms with E-state index in [9.17, 15) is 0 Å². The molecule has 93 heavy (non-hydrogen) atoms. The van der Waals surface area contributed by atoms with Crippen LogP contribution >= 0.6 is 0 Å². The van der Waals surface area contributed by atoms with Crippen LogP contribution in [0.25, 0.3) is 99.9 Å². The first kappa shape index (κ1) is 65.3. The van der Waals surface area contributed by atoms with E-state index in [1.807, 2.05) is 133 Å².